The van der Waals surface area contributed by atoms with Crippen LogP contribution >= 0.6 is 0 Å². The number of hydrogen-bond acceptors (Lipinski definition) is 3. The third-order valence-corrected chi connectivity index (χ3v) is 3.23. The van der Waals surface area contributed by atoms with Crippen molar-refractivity contribution in [3.63, 3.8) is 0 Å². The van der Waals surface area contributed by atoms with E-state index in [4.69, 9.17) is 5.11 Å². The summed E-state index contributed by atoms with van der Waals surface area (Å²) in [5, 5.41) is 11.4. The Balaban J connectivity index is 2.53. The molecule has 108 valence electrons. The number of carbonyl (C=O) groups excluding carboxylic acids is 2. The predicted molar refractivity (Wildman–Crippen MR) is 68.7 cm³/mol. The molecular weight excluding hydrogens is 250 g/mol. The average Bonchev–Trinajstić information content (AvgIpc) is 2.60. The Morgan fingerprint density at radius 1 is 1.16 bits per heavy atom. The number of nitrogens with one attached hydrogen (secondary N) is 1. The Morgan fingerprint density at radius 2 is 1.74 bits per heavy atom. The monoisotopic (exact) mass is 271 g/mol. The van der Waals surface area contributed by atoms with E-state index in [1.54, 1.807) is 16.7 Å². The van der Waals surface area contributed by atoms with Crippen molar-refractivity contribution in [3.8, 4) is 0 Å². The second-order valence-corrected chi connectivity index (χ2v) is 4.60. The highest BCUT2D eigenvalue weighted by atomic mass is 16.4. The quantitative estimate of drug-likeness (QED) is 0.762. The van der Waals surface area contributed by atoms with Gasteiger partial charge in [-0.15, -0.1) is 0 Å². The molecule has 0 bridgehead atoms. The van der Waals surface area contributed by atoms with Crippen LogP contribution in [0.25, 0.3) is 0 Å². The fraction of sp³-hybridized carbons (Fsp3) is 0.750. The van der Waals surface area contributed by atoms with Crippen LogP contribution in [0.5, 0.6) is 0 Å². The summed E-state index contributed by atoms with van der Waals surface area (Å²) in [6.45, 7) is 5.31. The van der Waals surface area contributed by atoms with Gasteiger partial charge in [-0.1, -0.05) is 6.92 Å². The van der Waals surface area contributed by atoms with Crippen molar-refractivity contribution >= 4 is 17.9 Å². The first-order chi connectivity index (χ1) is 8.95. The highest BCUT2D eigenvalue weighted by molar-refractivity contribution is 5.82. The van der Waals surface area contributed by atoms with E-state index in [0.29, 0.717) is 39.0 Å². The molecule has 1 aliphatic rings. The maximum Gasteiger partial charge on any atom is 0.326 e. The highest BCUT2D eigenvalue weighted by Crippen LogP contribution is 2.04. The van der Waals surface area contributed by atoms with Crippen LogP contribution in [-0.2, 0) is 9.59 Å². The Kier molecular flexibility index (Phi) is 5.59. The standard InChI is InChI=1S/C12H21N3O4/c1-3-10(11(17)18)13-12(19)15-6-4-5-14(7-8-15)9(2)16/h10H,3-8H2,1-2H3,(H,13,19)(H,17,18)/t10-/m0/s1. The van der Waals surface area contributed by atoms with Gasteiger partial charge in [0.05, 0.1) is 0 Å². The van der Waals surface area contributed by atoms with Crippen molar-refractivity contribution in [3.05, 3.63) is 0 Å². The largest absolute Gasteiger partial charge is 0.480 e. The van der Waals surface area contributed by atoms with Gasteiger partial charge in [0.1, 0.15) is 6.04 Å². The second kappa shape index (κ2) is 6.96. The molecule has 0 spiro atoms. The minimum Gasteiger partial charge on any atom is -0.480 e. The maximum atomic E-state index is 11.9. The first-order valence-corrected chi connectivity index (χ1v) is 6.49. The fourth-order valence-corrected chi connectivity index (χ4v) is 2.01. The number of rotatable bonds is 3. The SMILES string of the molecule is CC[C@H](NC(=O)N1CCCN(C(C)=O)CC1)C(=O)O. The molecule has 19 heavy (non-hydrogen) atoms. The molecule has 1 aliphatic heterocycles. The summed E-state index contributed by atoms with van der Waals surface area (Å²) >= 11 is 0. The Hall–Kier alpha value is -1.79. The van der Waals surface area contributed by atoms with E-state index >= 15 is 0 Å². The van der Waals surface area contributed by atoms with Gasteiger partial charge in [0, 0.05) is 33.1 Å². The van der Waals surface area contributed by atoms with Gasteiger partial charge < -0.3 is 20.2 Å². The number of urea groups is 1. The normalized spacial score (nSPS) is 17.6. The average molecular weight is 271 g/mol. The van der Waals surface area contributed by atoms with Crippen molar-refractivity contribution in [2.45, 2.75) is 32.7 Å². The molecule has 1 fully saturated rings. The molecule has 7 heteroatoms. The van der Waals surface area contributed by atoms with E-state index in [0.717, 1.165) is 0 Å². The lowest BCUT2D eigenvalue weighted by molar-refractivity contribution is -0.139. The Morgan fingerprint density at radius 3 is 2.26 bits per heavy atom. The van der Waals surface area contributed by atoms with Crippen LogP contribution in [0.2, 0.25) is 0 Å². The van der Waals surface area contributed by atoms with Gasteiger partial charge in [-0.2, -0.15) is 0 Å². The van der Waals surface area contributed by atoms with E-state index in [-0.39, 0.29) is 11.9 Å². The summed E-state index contributed by atoms with van der Waals surface area (Å²) in [6, 6.07) is -1.24. The molecule has 0 aliphatic carbocycles. The van der Waals surface area contributed by atoms with Crippen molar-refractivity contribution < 1.29 is 19.5 Å². The first-order valence-electron chi connectivity index (χ1n) is 6.49. The number of carboxylic acids is 1. The molecule has 1 rings (SSSR count). The highest BCUT2D eigenvalue weighted by Gasteiger charge is 2.24. The molecular formula is C12H21N3O4. The van der Waals surface area contributed by atoms with Crippen molar-refractivity contribution in [1.29, 1.82) is 0 Å². The summed E-state index contributed by atoms with van der Waals surface area (Å²) in [4.78, 5) is 37.4. The number of carbonyl (C=O) groups is 3. The number of amides is 3. The molecule has 2 N–H and O–H groups in total. The van der Waals surface area contributed by atoms with Crippen LogP contribution in [0.4, 0.5) is 4.79 Å². The smallest absolute Gasteiger partial charge is 0.326 e. The van der Waals surface area contributed by atoms with Crippen LogP contribution in [0.3, 0.4) is 0 Å². The van der Waals surface area contributed by atoms with E-state index in [2.05, 4.69) is 5.32 Å². The minimum atomic E-state index is -1.03. The molecule has 1 saturated heterocycles. The molecule has 0 unspecified atom stereocenters. The fourth-order valence-electron chi connectivity index (χ4n) is 2.01. The van der Waals surface area contributed by atoms with Crippen LogP contribution in [0, 0.1) is 0 Å². The van der Waals surface area contributed by atoms with Gasteiger partial charge in [-0.25, -0.2) is 9.59 Å². The number of hydrogen-bond donors (Lipinski definition) is 2. The molecule has 3 amide bonds. The summed E-state index contributed by atoms with van der Waals surface area (Å²) in [5.74, 6) is -1.03. The maximum absolute atomic E-state index is 11.9. The molecule has 0 aromatic rings. The summed E-state index contributed by atoms with van der Waals surface area (Å²) in [5.41, 5.74) is 0. The van der Waals surface area contributed by atoms with Gasteiger partial charge in [-0.05, 0) is 12.8 Å². The number of aliphatic carboxylic acids is 1. The van der Waals surface area contributed by atoms with Crippen LogP contribution in [0.15, 0.2) is 0 Å². The Labute approximate surface area is 112 Å². The van der Waals surface area contributed by atoms with E-state index in [9.17, 15) is 14.4 Å². The zero-order valence-corrected chi connectivity index (χ0v) is 11.4. The summed E-state index contributed by atoms with van der Waals surface area (Å²) in [6.07, 6.45) is 1.05. The molecule has 0 aromatic heterocycles. The third kappa shape index (κ3) is 4.42. The van der Waals surface area contributed by atoms with E-state index in [1.807, 2.05) is 0 Å². The van der Waals surface area contributed by atoms with Gasteiger partial charge in [0.25, 0.3) is 0 Å². The molecule has 1 heterocycles. The third-order valence-electron chi connectivity index (χ3n) is 3.23. The van der Waals surface area contributed by atoms with Crippen LogP contribution < -0.4 is 5.32 Å². The summed E-state index contributed by atoms with van der Waals surface area (Å²) in [7, 11) is 0. The van der Waals surface area contributed by atoms with Gasteiger partial charge in [-0.3, -0.25) is 4.79 Å². The topological polar surface area (TPSA) is 90.0 Å². The van der Waals surface area contributed by atoms with Crippen LogP contribution in [0.1, 0.15) is 26.7 Å². The molecule has 1 atom stereocenters. The van der Waals surface area contributed by atoms with Gasteiger partial charge in [0.2, 0.25) is 5.91 Å². The molecule has 0 aromatic carbocycles. The lowest BCUT2D eigenvalue weighted by Gasteiger charge is -2.23. The van der Waals surface area contributed by atoms with Gasteiger partial charge in [0.15, 0.2) is 0 Å². The van der Waals surface area contributed by atoms with Crippen molar-refractivity contribution in [2.24, 2.45) is 0 Å². The Bertz CT molecular complexity index is 359. The molecule has 0 saturated carbocycles. The van der Waals surface area contributed by atoms with E-state index < -0.39 is 12.0 Å². The second-order valence-electron chi connectivity index (χ2n) is 4.60. The zero-order valence-electron chi connectivity index (χ0n) is 11.4. The van der Waals surface area contributed by atoms with Gasteiger partial charge >= 0.3 is 12.0 Å². The predicted octanol–water partition coefficient (Wildman–Crippen LogP) is 0.113. The van der Waals surface area contributed by atoms with Crippen molar-refractivity contribution in [1.82, 2.24) is 15.1 Å². The number of nitrogens with zero attached hydrogens (tertiary/aromatic N) is 2. The number of carboxylic acid groups (broad SMARTS) is 1. The molecule has 7 nitrogen and oxygen atoms in total. The lowest BCUT2D eigenvalue weighted by atomic mass is 10.2. The molecule has 0 radical (unpaired) electrons. The van der Waals surface area contributed by atoms with Crippen molar-refractivity contribution in [2.75, 3.05) is 26.2 Å². The van der Waals surface area contributed by atoms with Crippen LogP contribution in [-0.4, -0.2) is 65.0 Å². The minimum absolute atomic E-state index is 0.000714. The van der Waals surface area contributed by atoms with E-state index in [1.165, 1.54) is 6.92 Å². The zero-order chi connectivity index (χ0) is 14.4. The first kappa shape index (κ1) is 15.3. The lowest BCUT2D eigenvalue weighted by Crippen LogP contribution is -2.48. The summed E-state index contributed by atoms with van der Waals surface area (Å²) < 4.78 is 0.